The number of hydrogen-bond donors (Lipinski definition) is 0. The first-order chi connectivity index (χ1) is 15.6. The van der Waals surface area contributed by atoms with Crippen LogP contribution in [0.5, 0.6) is 0 Å². The van der Waals surface area contributed by atoms with E-state index in [-0.39, 0.29) is 11.8 Å². The van der Waals surface area contributed by atoms with E-state index in [1.165, 1.54) is 0 Å². The van der Waals surface area contributed by atoms with Crippen molar-refractivity contribution in [3.8, 4) is 0 Å². The molecule has 0 heterocycles. The van der Waals surface area contributed by atoms with Crippen molar-refractivity contribution in [2.75, 3.05) is 4.90 Å². The van der Waals surface area contributed by atoms with Gasteiger partial charge in [0.2, 0.25) is 5.91 Å². The van der Waals surface area contributed by atoms with Crippen molar-refractivity contribution in [1.29, 1.82) is 0 Å². The maximum atomic E-state index is 13.5. The molecule has 0 saturated carbocycles. The fourth-order valence-corrected chi connectivity index (χ4v) is 4.14. The first-order valence-corrected chi connectivity index (χ1v) is 11.3. The molecule has 0 fully saturated rings. The molecule has 2 nitrogen and oxygen atoms in total. The lowest BCUT2D eigenvalue weighted by molar-refractivity contribution is -0.118. The second-order valence-electron chi connectivity index (χ2n) is 7.59. The summed E-state index contributed by atoms with van der Waals surface area (Å²) < 4.78 is 0. The lowest BCUT2D eigenvalue weighted by atomic mass is 9.87. The smallest absolute Gasteiger partial charge is 0.231 e. The van der Waals surface area contributed by atoms with E-state index in [2.05, 4.69) is 0 Å². The van der Waals surface area contributed by atoms with Crippen molar-refractivity contribution in [2.45, 2.75) is 18.8 Å². The zero-order valence-electron chi connectivity index (χ0n) is 17.5. The molecule has 1 amide bonds. The molecular formula is C28H23Cl2NO. The van der Waals surface area contributed by atoms with Crippen molar-refractivity contribution in [3.63, 3.8) is 0 Å². The maximum absolute atomic E-state index is 13.5. The first kappa shape index (κ1) is 22.1. The van der Waals surface area contributed by atoms with E-state index in [0.29, 0.717) is 22.9 Å². The van der Waals surface area contributed by atoms with E-state index in [0.717, 1.165) is 22.5 Å². The maximum Gasteiger partial charge on any atom is 0.231 e. The Morgan fingerprint density at radius 3 is 1.44 bits per heavy atom. The van der Waals surface area contributed by atoms with E-state index in [1.54, 1.807) is 4.90 Å². The van der Waals surface area contributed by atoms with Crippen molar-refractivity contribution in [3.05, 3.63) is 130 Å². The third-order valence-corrected chi connectivity index (χ3v) is 5.97. The molecule has 0 unspecified atom stereocenters. The summed E-state index contributed by atoms with van der Waals surface area (Å²) in [5.74, 6) is 0.109. The van der Waals surface area contributed by atoms with Gasteiger partial charge >= 0.3 is 0 Å². The normalized spacial score (nSPS) is 10.8. The van der Waals surface area contributed by atoms with Gasteiger partial charge in [0.15, 0.2) is 0 Å². The van der Waals surface area contributed by atoms with Crippen LogP contribution in [0.2, 0.25) is 10.0 Å². The number of carbonyl (C=O) groups excluding carboxylic acids is 1. The largest absolute Gasteiger partial charge is 0.281 e. The topological polar surface area (TPSA) is 20.3 Å². The minimum Gasteiger partial charge on any atom is -0.281 e. The lowest BCUT2D eigenvalue weighted by Crippen LogP contribution is -2.26. The summed E-state index contributed by atoms with van der Waals surface area (Å²) in [7, 11) is 0. The number of para-hydroxylation sites is 2. The third-order valence-electron chi connectivity index (χ3n) is 5.47. The molecule has 4 heteroatoms. The molecule has 0 spiro atoms. The van der Waals surface area contributed by atoms with Crippen molar-refractivity contribution in [1.82, 2.24) is 0 Å². The quantitative estimate of drug-likeness (QED) is 0.272. The summed E-state index contributed by atoms with van der Waals surface area (Å²) >= 11 is 12.2. The van der Waals surface area contributed by atoms with E-state index < -0.39 is 0 Å². The van der Waals surface area contributed by atoms with Crippen LogP contribution < -0.4 is 4.90 Å². The van der Waals surface area contributed by atoms with Crippen LogP contribution in [-0.4, -0.2) is 5.91 Å². The Balaban J connectivity index is 1.61. The second kappa shape index (κ2) is 10.5. The molecule has 4 aromatic rings. The van der Waals surface area contributed by atoms with Gasteiger partial charge in [-0.25, -0.2) is 0 Å². The summed E-state index contributed by atoms with van der Waals surface area (Å²) in [6, 6.07) is 35.2. The van der Waals surface area contributed by atoms with Crippen LogP contribution in [0.1, 0.15) is 29.9 Å². The standard InChI is InChI=1S/C28H23Cl2NO/c29-23-15-11-21(12-16-23)27(22-13-17-24(30)18-14-22)19-20-28(32)31(25-7-3-1-4-8-25)26-9-5-2-6-10-26/h1-18,27H,19-20H2. The Morgan fingerprint density at radius 1 is 0.625 bits per heavy atom. The number of benzene rings is 4. The summed E-state index contributed by atoms with van der Waals surface area (Å²) in [4.78, 5) is 15.3. The van der Waals surface area contributed by atoms with Crippen LogP contribution in [0, 0.1) is 0 Å². The summed E-state index contributed by atoms with van der Waals surface area (Å²) in [6.07, 6.45) is 1.05. The van der Waals surface area contributed by atoms with Crippen LogP contribution in [-0.2, 0) is 4.79 Å². The minimum atomic E-state index is 0.0512. The fraction of sp³-hybridized carbons (Fsp3) is 0.107. The molecule has 0 atom stereocenters. The van der Waals surface area contributed by atoms with Gasteiger partial charge in [0.1, 0.15) is 0 Å². The summed E-state index contributed by atoms with van der Waals surface area (Å²) in [5.41, 5.74) is 3.96. The molecular weight excluding hydrogens is 437 g/mol. The molecule has 0 aliphatic heterocycles. The van der Waals surface area contributed by atoms with E-state index in [9.17, 15) is 4.79 Å². The SMILES string of the molecule is O=C(CCC(c1ccc(Cl)cc1)c1ccc(Cl)cc1)N(c1ccccc1)c1ccccc1. The second-order valence-corrected chi connectivity index (χ2v) is 8.47. The molecule has 32 heavy (non-hydrogen) atoms. The van der Waals surface area contributed by atoms with E-state index in [1.807, 2.05) is 109 Å². The Bertz CT molecular complexity index is 1060. The van der Waals surface area contributed by atoms with Crippen LogP contribution in [0.15, 0.2) is 109 Å². The first-order valence-electron chi connectivity index (χ1n) is 10.6. The predicted octanol–water partition coefficient (Wildman–Crippen LogP) is 8.27. The highest BCUT2D eigenvalue weighted by atomic mass is 35.5. The number of halogens is 2. The Labute approximate surface area is 199 Å². The Hall–Kier alpha value is -3.07. The molecule has 0 radical (unpaired) electrons. The van der Waals surface area contributed by atoms with Crippen LogP contribution in [0.3, 0.4) is 0 Å². The number of carbonyl (C=O) groups is 1. The highest BCUT2D eigenvalue weighted by Crippen LogP contribution is 2.33. The average molecular weight is 460 g/mol. The van der Waals surface area contributed by atoms with Crippen LogP contribution >= 0.6 is 23.2 Å². The van der Waals surface area contributed by atoms with Gasteiger partial charge in [0.25, 0.3) is 0 Å². The molecule has 0 aromatic heterocycles. The number of nitrogens with zero attached hydrogens (tertiary/aromatic N) is 1. The molecule has 4 aromatic carbocycles. The van der Waals surface area contributed by atoms with Gasteiger partial charge in [-0.1, -0.05) is 83.9 Å². The van der Waals surface area contributed by atoms with Gasteiger partial charge in [-0.05, 0) is 66.1 Å². The third kappa shape index (κ3) is 5.40. The molecule has 4 rings (SSSR count). The summed E-state index contributed by atoms with van der Waals surface area (Å²) in [5, 5.41) is 1.39. The minimum absolute atomic E-state index is 0.0512. The molecule has 0 saturated heterocycles. The molecule has 0 aliphatic rings. The monoisotopic (exact) mass is 459 g/mol. The van der Waals surface area contributed by atoms with Gasteiger partial charge in [-0.15, -0.1) is 0 Å². The number of amides is 1. The van der Waals surface area contributed by atoms with Gasteiger partial charge in [-0.2, -0.15) is 0 Å². The van der Waals surface area contributed by atoms with Crippen molar-refractivity contribution < 1.29 is 4.79 Å². The van der Waals surface area contributed by atoms with Crippen LogP contribution in [0.4, 0.5) is 11.4 Å². The lowest BCUT2D eigenvalue weighted by Gasteiger charge is -2.25. The highest BCUT2D eigenvalue weighted by molar-refractivity contribution is 6.30. The van der Waals surface area contributed by atoms with Crippen molar-refractivity contribution >= 4 is 40.5 Å². The average Bonchev–Trinajstić information content (AvgIpc) is 2.83. The number of anilines is 2. The van der Waals surface area contributed by atoms with Crippen molar-refractivity contribution in [2.24, 2.45) is 0 Å². The van der Waals surface area contributed by atoms with Gasteiger partial charge in [-0.3, -0.25) is 9.69 Å². The van der Waals surface area contributed by atoms with E-state index in [4.69, 9.17) is 23.2 Å². The Kier molecular flexibility index (Phi) is 7.26. The summed E-state index contributed by atoms with van der Waals surface area (Å²) in [6.45, 7) is 0. The van der Waals surface area contributed by atoms with Crippen LogP contribution in [0.25, 0.3) is 0 Å². The number of rotatable bonds is 7. The zero-order chi connectivity index (χ0) is 22.3. The number of hydrogen-bond acceptors (Lipinski definition) is 1. The molecule has 0 aliphatic carbocycles. The molecule has 160 valence electrons. The van der Waals surface area contributed by atoms with E-state index >= 15 is 0 Å². The zero-order valence-corrected chi connectivity index (χ0v) is 19.0. The predicted molar refractivity (Wildman–Crippen MR) is 134 cm³/mol. The van der Waals surface area contributed by atoms with Gasteiger partial charge in [0.05, 0.1) is 0 Å². The highest BCUT2D eigenvalue weighted by Gasteiger charge is 2.21. The van der Waals surface area contributed by atoms with Gasteiger partial charge < -0.3 is 0 Å². The molecule has 0 bridgehead atoms. The fourth-order valence-electron chi connectivity index (χ4n) is 3.89. The van der Waals surface area contributed by atoms with Gasteiger partial charge in [0, 0.05) is 33.8 Å². The molecule has 0 N–H and O–H groups in total. The Morgan fingerprint density at radius 2 is 1.03 bits per heavy atom.